The molecule has 0 aromatic heterocycles. The van der Waals surface area contributed by atoms with Crippen molar-refractivity contribution < 1.29 is 21.6 Å². The number of hydrogen-bond donors (Lipinski definition) is 2. The Morgan fingerprint density at radius 1 is 1.20 bits per heavy atom. The van der Waals surface area contributed by atoms with E-state index in [0.717, 1.165) is 12.8 Å². The van der Waals surface area contributed by atoms with Crippen LogP contribution in [0.15, 0.2) is 0 Å². The largest absolute Gasteiger partial charge is 0.389 e. The Balaban J connectivity index is 2.25. The Kier molecular flexibility index (Phi) is 6.70. The van der Waals surface area contributed by atoms with Crippen LogP contribution in [0.4, 0.5) is 13.2 Å². The molecule has 0 aromatic rings. The lowest BCUT2D eigenvalue weighted by Crippen LogP contribution is -2.46. The van der Waals surface area contributed by atoms with Gasteiger partial charge in [0.15, 0.2) is 0 Å². The minimum Gasteiger partial charge on any atom is -0.330 e. The maximum Gasteiger partial charge on any atom is 0.389 e. The van der Waals surface area contributed by atoms with Crippen LogP contribution in [0.25, 0.3) is 0 Å². The molecule has 0 amide bonds. The summed E-state index contributed by atoms with van der Waals surface area (Å²) in [4.78, 5) is 0. The second kappa shape index (κ2) is 7.58. The number of nitrogens with zero attached hydrogens (tertiary/aromatic N) is 1. The van der Waals surface area contributed by atoms with E-state index >= 15 is 0 Å². The Labute approximate surface area is 117 Å². The zero-order valence-corrected chi connectivity index (χ0v) is 12.1. The Morgan fingerprint density at radius 2 is 1.80 bits per heavy atom. The van der Waals surface area contributed by atoms with E-state index in [4.69, 9.17) is 5.73 Å². The normalized spacial score (nSPS) is 19.4. The molecule has 1 saturated heterocycles. The summed E-state index contributed by atoms with van der Waals surface area (Å²) in [6, 6.07) is 0. The lowest BCUT2D eigenvalue weighted by atomic mass is 9.99. The van der Waals surface area contributed by atoms with E-state index < -0.39 is 22.8 Å². The molecule has 1 aliphatic rings. The zero-order valence-electron chi connectivity index (χ0n) is 11.3. The van der Waals surface area contributed by atoms with Gasteiger partial charge < -0.3 is 5.73 Å². The van der Waals surface area contributed by atoms with Crippen LogP contribution in [0.3, 0.4) is 0 Å². The van der Waals surface area contributed by atoms with E-state index in [9.17, 15) is 21.6 Å². The summed E-state index contributed by atoms with van der Waals surface area (Å²) in [5, 5.41) is 0. The summed E-state index contributed by atoms with van der Waals surface area (Å²) < 4.78 is 63.3. The first-order valence-electron chi connectivity index (χ1n) is 6.76. The van der Waals surface area contributed by atoms with E-state index in [1.54, 1.807) is 0 Å². The van der Waals surface area contributed by atoms with Gasteiger partial charge in [-0.05, 0) is 38.1 Å². The van der Waals surface area contributed by atoms with Crippen molar-refractivity contribution in [3.05, 3.63) is 0 Å². The number of rotatable bonds is 7. The van der Waals surface area contributed by atoms with Gasteiger partial charge in [-0.3, -0.25) is 0 Å². The molecule has 0 bridgehead atoms. The average molecular weight is 317 g/mol. The van der Waals surface area contributed by atoms with Gasteiger partial charge in [-0.2, -0.15) is 25.9 Å². The molecule has 1 rings (SSSR count). The standard InChI is InChI=1S/C11H22F3N3O2S/c12-11(13,14)5-1-2-6-16-20(18,19)17-7-3-10(9-15)4-8-17/h10,16H,1-9,15H2. The molecule has 0 atom stereocenters. The summed E-state index contributed by atoms with van der Waals surface area (Å²) in [5.74, 6) is 0.355. The molecule has 1 heterocycles. The van der Waals surface area contributed by atoms with Crippen LogP contribution in [-0.4, -0.2) is 45.1 Å². The van der Waals surface area contributed by atoms with Crippen LogP contribution >= 0.6 is 0 Å². The topological polar surface area (TPSA) is 75.4 Å². The van der Waals surface area contributed by atoms with Gasteiger partial charge in [0.1, 0.15) is 0 Å². The molecular formula is C11H22F3N3O2S. The van der Waals surface area contributed by atoms with Gasteiger partial charge in [0.25, 0.3) is 10.2 Å². The van der Waals surface area contributed by atoms with Crippen molar-refractivity contribution in [3.63, 3.8) is 0 Å². The van der Waals surface area contributed by atoms with Crippen molar-refractivity contribution in [3.8, 4) is 0 Å². The van der Waals surface area contributed by atoms with E-state index in [1.165, 1.54) is 4.31 Å². The highest BCUT2D eigenvalue weighted by atomic mass is 32.2. The average Bonchev–Trinajstić information content (AvgIpc) is 2.37. The molecule has 0 aromatic carbocycles. The Morgan fingerprint density at radius 3 is 2.30 bits per heavy atom. The van der Waals surface area contributed by atoms with E-state index in [0.29, 0.717) is 25.6 Å². The second-order valence-electron chi connectivity index (χ2n) is 5.05. The maximum atomic E-state index is 11.9. The predicted molar refractivity (Wildman–Crippen MR) is 70.2 cm³/mol. The molecule has 3 N–H and O–H groups in total. The quantitative estimate of drug-likeness (QED) is 0.693. The third kappa shape index (κ3) is 6.38. The van der Waals surface area contributed by atoms with E-state index in [2.05, 4.69) is 4.72 Å². The lowest BCUT2D eigenvalue weighted by Gasteiger charge is -2.30. The van der Waals surface area contributed by atoms with Crippen LogP contribution in [-0.2, 0) is 10.2 Å². The summed E-state index contributed by atoms with van der Waals surface area (Å²) in [7, 11) is -3.57. The molecule has 0 radical (unpaired) electrons. The van der Waals surface area contributed by atoms with Crippen LogP contribution < -0.4 is 10.5 Å². The Bertz CT molecular complexity index is 379. The number of piperidine rings is 1. The number of nitrogens with one attached hydrogen (secondary N) is 1. The van der Waals surface area contributed by atoms with Gasteiger partial charge >= 0.3 is 6.18 Å². The number of nitrogens with two attached hydrogens (primary N) is 1. The highest BCUT2D eigenvalue weighted by Gasteiger charge is 2.28. The molecule has 0 spiro atoms. The number of unbranched alkanes of at least 4 members (excludes halogenated alkanes) is 1. The SMILES string of the molecule is NCC1CCN(S(=O)(=O)NCCCCC(F)(F)F)CC1. The molecule has 0 aliphatic carbocycles. The second-order valence-corrected chi connectivity index (χ2v) is 6.80. The van der Waals surface area contributed by atoms with Gasteiger partial charge in [-0.15, -0.1) is 0 Å². The van der Waals surface area contributed by atoms with Crippen LogP contribution in [0, 0.1) is 5.92 Å². The first-order valence-corrected chi connectivity index (χ1v) is 8.20. The molecule has 5 nitrogen and oxygen atoms in total. The van der Waals surface area contributed by atoms with Crippen molar-refractivity contribution in [1.82, 2.24) is 9.03 Å². The molecule has 0 saturated carbocycles. The minimum absolute atomic E-state index is 0.0369. The summed E-state index contributed by atoms with van der Waals surface area (Å²) in [6.07, 6.45) is -3.49. The molecule has 1 fully saturated rings. The van der Waals surface area contributed by atoms with E-state index in [-0.39, 0.29) is 19.4 Å². The summed E-state index contributed by atoms with van der Waals surface area (Å²) in [6.45, 7) is 1.42. The van der Waals surface area contributed by atoms with Crippen LogP contribution in [0.2, 0.25) is 0 Å². The molecule has 9 heteroatoms. The highest BCUT2D eigenvalue weighted by Crippen LogP contribution is 2.22. The molecule has 0 unspecified atom stereocenters. The fourth-order valence-electron chi connectivity index (χ4n) is 2.13. The number of halogens is 3. The lowest BCUT2D eigenvalue weighted by molar-refractivity contribution is -0.135. The van der Waals surface area contributed by atoms with Gasteiger partial charge in [-0.25, -0.2) is 4.72 Å². The van der Waals surface area contributed by atoms with Crippen LogP contribution in [0.5, 0.6) is 0 Å². The van der Waals surface area contributed by atoms with Crippen molar-refractivity contribution in [2.75, 3.05) is 26.2 Å². The highest BCUT2D eigenvalue weighted by molar-refractivity contribution is 7.87. The number of alkyl halides is 3. The van der Waals surface area contributed by atoms with Gasteiger partial charge in [-0.1, -0.05) is 0 Å². The first-order chi connectivity index (χ1) is 9.24. The zero-order chi connectivity index (χ0) is 15.2. The maximum absolute atomic E-state index is 11.9. The van der Waals surface area contributed by atoms with E-state index in [1.807, 2.05) is 0 Å². The van der Waals surface area contributed by atoms with Crippen LogP contribution in [0.1, 0.15) is 32.1 Å². The predicted octanol–water partition coefficient (Wildman–Crippen LogP) is 1.22. The molecular weight excluding hydrogens is 295 g/mol. The first kappa shape index (κ1) is 17.7. The molecule has 1 aliphatic heterocycles. The third-order valence-corrected chi connectivity index (χ3v) is 5.03. The smallest absolute Gasteiger partial charge is 0.330 e. The minimum atomic E-state index is -4.18. The summed E-state index contributed by atoms with van der Waals surface area (Å²) >= 11 is 0. The fraction of sp³-hybridized carbons (Fsp3) is 1.00. The monoisotopic (exact) mass is 317 g/mol. The van der Waals surface area contributed by atoms with Gasteiger partial charge in [0.05, 0.1) is 0 Å². The fourth-order valence-corrected chi connectivity index (χ4v) is 3.40. The summed E-state index contributed by atoms with van der Waals surface area (Å²) in [5.41, 5.74) is 5.53. The molecule has 20 heavy (non-hydrogen) atoms. The van der Waals surface area contributed by atoms with Gasteiger partial charge in [0.2, 0.25) is 0 Å². The molecule has 120 valence electrons. The number of hydrogen-bond acceptors (Lipinski definition) is 3. The van der Waals surface area contributed by atoms with Crippen molar-refractivity contribution in [1.29, 1.82) is 0 Å². The Hall–Kier alpha value is -0.380. The third-order valence-electron chi connectivity index (χ3n) is 3.42. The van der Waals surface area contributed by atoms with Crippen molar-refractivity contribution in [2.24, 2.45) is 11.7 Å². The van der Waals surface area contributed by atoms with Gasteiger partial charge in [0, 0.05) is 26.1 Å². The van der Waals surface area contributed by atoms with Crippen molar-refractivity contribution >= 4 is 10.2 Å². The van der Waals surface area contributed by atoms with Crippen molar-refractivity contribution in [2.45, 2.75) is 38.3 Å².